The van der Waals surface area contributed by atoms with E-state index in [1.54, 1.807) is 12.1 Å². The van der Waals surface area contributed by atoms with Crippen molar-refractivity contribution in [2.45, 2.75) is 51.6 Å². The summed E-state index contributed by atoms with van der Waals surface area (Å²) in [7, 11) is 0. The minimum atomic E-state index is -4.67. The van der Waals surface area contributed by atoms with Gasteiger partial charge in [-0.25, -0.2) is 0 Å². The van der Waals surface area contributed by atoms with E-state index in [9.17, 15) is 13.2 Å². The smallest absolute Gasteiger partial charge is 0.405 e. The third-order valence-electron chi connectivity index (χ3n) is 3.96. The van der Waals surface area contributed by atoms with E-state index in [-0.39, 0.29) is 5.75 Å². The molecule has 6 heteroatoms. The van der Waals surface area contributed by atoms with Gasteiger partial charge in [0, 0.05) is 12.6 Å². The van der Waals surface area contributed by atoms with Gasteiger partial charge < -0.3 is 10.1 Å². The van der Waals surface area contributed by atoms with Gasteiger partial charge in [-0.3, -0.25) is 0 Å². The van der Waals surface area contributed by atoms with Gasteiger partial charge in [0.15, 0.2) is 0 Å². The summed E-state index contributed by atoms with van der Waals surface area (Å²) < 4.78 is 40.8. The Labute approximate surface area is 131 Å². The second kappa shape index (κ2) is 7.01. The number of hydrogen-bond acceptors (Lipinski definition) is 2. The van der Waals surface area contributed by atoms with E-state index in [0.29, 0.717) is 23.0 Å². The molecular formula is C15H19BrF3NO. The molecule has 1 aromatic rings. The average Bonchev–Trinajstić information content (AvgIpc) is 2.91. The van der Waals surface area contributed by atoms with Gasteiger partial charge in [0.1, 0.15) is 5.75 Å². The van der Waals surface area contributed by atoms with E-state index >= 15 is 0 Å². The predicted molar refractivity (Wildman–Crippen MR) is 79.1 cm³/mol. The molecule has 1 aromatic carbocycles. The lowest BCUT2D eigenvalue weighted by Gasteiger charge is -2.20. The molecule has 0 aliphatic heterocycles. The van der Waals surface area contributed by atoms with Crippen LogP contribution in [0.4, 0.5) is 13.2 Å². The third kappa shape index (κ3) is 5.18. The molecule has 0 heterocycles. The Hall–Kier alpha value is -0.750. The van der Waals surface area contributed by atoms with Crippen LogP contribution in [0.2, 0.25) is 0 Å². The van der Waals surface area contributed by atoms with Gasteiger partial charge in [0.05, 0.1) is 4.47 Å². The van der Waals surface area contributed by atoms with Crippen molar-refractivity contribution in [3.8, 4) is 5.75 Å². The largest absolute Gasteiger partial charge is 0.573 e. The van der Waals surface area contributed by atoms with Crippen LogP contribution in [0.15, 0.2) is 22.7 Å². The molecule has 1 atom stereocenters. The molecule has 21 heavy (non-hydrogen) atoms. The second-order valence-corrected chi connectivity index (χ2v) is 6.38. The lowest BCUT2D eigenvalue weighted by molar-refractivity contribution is -0.274. The van der Waals surface area contributed by atoms with Gasteiger partial charge in [0.25, 0.3) is 0 Å². The maximum Gasteiger partial charge on any atom is 0.573 e. The fourth-order valence-electron chi connectivity index (χ4n) is 2.76. The van der Waals surface area contributed by atoms with Crippen LogP contribution < -0.4 is 10.1 Å². The number of benzene rings is 1. The molecular weight excluding hydrogens is 347 g/mol. The van der Waals surface area contributed by atoms with Gasteiger partial charge in [-0.2, -0.15) is 0 Å². The van der Waals surface area contributed by atoms with Crippen molar-refractivity contribution in [3.05, 3.63) is 28.2 Å². The molecule has 1 aliphatic rings. The lowest BCUT2D eigenvalue weighted by atomic mass is 9.99. The molecule has 0 bridgehead atoms. The first-order chi connectivity index (χ1) is 9.85. The van der Waals surface area contributed by atoms with E-state index in [1.165, 1.54) is 31.7 Å². The SMILES string of the molecule is C[C@@H](NCc1ccc(OC(F)(F)F)c(Br)c1)C1CCCC1. The summed E-state index contributed by atoms with van der Waals surface area (Å²) in [6, 6.07) is 5.09. The number of halogens is 4. The lowest BCUT2D eigenvalue weighted by Crippen LogP contribution is -2.31. The zero-order valence-corrected chi connectivity index (χ0v) is 13.4. The van der Waals surface area contributed by atoms with Crippen molar-refractivity contribution in [2.75, 3.05) is 0 Å². The Morgan fingerprint density at radius 3 is 2.57 bits per heavy atom. The Kier molecular flexibility index (Phi) is 5.54. The molecule has 0 spiro atoms. The highest BCUT2D eigenvalue weighted by molar-refractivity contribution is 9.10. The normalized spacial score (nSPS) is 18.0. The first kappa shape index (κ1) is 16.6. The highest BCUT2D eigenvalue weighted by Gasteiger charge is 2.32. The number of alkyl halides is 3. The van der Waals surface area contributed by atoms with Crippen LogP contribution in [-0.2, 0) is 6.54 Å². The van der Waals surface area contributed by atoms with Crippen LogP contribution in [0.25, 0.3) is 0 Å². The van der Waals surface area contributed by atoms with Crippen LogP contribution in [0.5, 0.6) is 5.75 Å². The molecule has 0 amide bonds. The minimum Gasteiger partial charge on any atom is -0.405 e. The highest BCUT2D eigenvalue weighted by atomic mass is 79.9. The highest BCUT2D eigenvalue weighted by Crippen LogP contribution is 2.31. The molecule has 1 aliphatic carbocycles. The third-order valence-corrected chi connectivity index (χ3v) is 4.58. The summed E-state index contributed by atoms with van der Waals surface area (Å²) in [6.45, 7) is 2.81. The molecule has 1 saturated carbocycles. The first-order valence-electron chi connectivity index (χ1n) is 7.13. The number of nitrogens with one attached hydrogen (secondary N) is 1. The molecule has 0 saturated heterocycles. The Morgan fingerprint density at radius 2 is 2.00 bits per heavy atom. The van der Waals surface area contributed by atoms with Crippen LogP contribution in [0, 0.1) is 5.92 Å². The minimum absolute atomic E-state index is 0.213. The summed E-state index contributed by atoms with van der Waals surface area (Å²) in [6.07, 6.45) is 0.448. The van der Waals surface area contributed by atoms with Gasteiger partial charge in [-0.05, 0) is 59.3 Å². The maximum absolute atomic E-state index is 12.2. The van der Waals surface area contributed by atoms with Crippen LogP contribution in [0.3, 0.4) is 0 Å². The van der Waals surface area contributed by atoms with Crippen molar-refractivity contribution in [1.29, 1.82) is 0 Å². The quantitative estimate of drug-likeness (QED) is 0.791. The monoisotopic (exact) mass is 365 g/mol. The zero-order valence-electron chi connectivity index (χ0n) is 11.8. The Bertz CT molecular complexity index is 472. The Balaban J connectivity index is 1.90. The summed E-state index contributed by atoms with van der Waals surface area (Å²) in [5, 5.41) is 3.45. The van der Waals surface area contributed by atoms with Gasteiger partial charge >= 0.3 is 6.36 Å². The molecule has 0 unspecified atom stereocenters. The van der Waals surface area contributed by atoms with E-state index in [2.05, 4.69) is 32.9 Å². The van der Waals surface area contributed by atoms with Gasteiger partial charge in [0.2, 0.25) is 0 Å². The van der Waals surface area contributed by atoms with Crippen molar-refractivity contribution < 1.29 is 17.9 Å². The van der Waals surface area contributed by atoms with Gasteiger partial charge in [-0.15, -0.1) is 13.2 Å². The Morgan fingerprint density at radius 1 is 1.33 bits per heavy atom. The molecule has 0 radical (unpaired) electrons. The molecule has 1 N–H and O–H groups in total. The first-order valence-corrected chi connectivity index (χ1v) is 7.92. The van der Waals surface area contributed by atoms with E-state index in [4.69, 9.17) is 0 Å². The number of rotatable bonds is 5. The van der Waals surface area contributed by atoms with E-state index < -0.39 is 6.36 Å². The van der Waals surface area contributed by atoms with Crippen LogP contribution in [0.1, 0.15) is 38.2 Å². The van der Waals surface area contributed by atoms with Crippen molar-refractivity contribution in [3.63, 3.8) is 0 Å². The molecule has 2 rings (SSSR count). The molecule has 118 valence electrons. The number of ether oxygens (including phenoxy) is 1. The summed E-state index contributed by atoms with van der Waals surface area (Å²) in [5.74, 6) is 0.497. The summed E-state index contributed by atoms with van der Waals surface area (Å²) in [5.41, 5.74) is 0.932. The van der Waals surface area contributed by atoms with Crippen molar-refractivity contribution in [1.82, 2.24) is 5.32 Å². The summed E-state index contributed by atoms with van der Waals surface area (Å²) in [4.78, 5) is 0. The molecule has 0 aromatic heterocycles. The zero-order chi connectivity index (χ0) is 15.5. The van der Waals surface area contributed by atoms with Crippen molar-refractivity contribution >= 4 is 15.9 Å². The standard InChI is InChI=1S/C15H19BrF3NO/c1-10(12-4-2-3-5-12)20-9-11-6-7-14(13(16)8-11)21-15(17,18)19/h6-8,10,12,20H,2-5,9H2,1H3/t10-/m1/s1. The van der Waals surface area contributed by atoms with E-state index in [1.807, 2.05) is 0 Å². The topological polar surface area (TPSA) is 21.3 Å². The fraction of sp³-hybridized carbons (Fsp3) is 0.600. The molecule has 1 fully saturated rings. The van der Waals surface area contributed by atoms with Crippen LogP contribution >= 0.6 is 15.9 Å². The second-order valence-electron chi connectivity index (χ2n) is 5.53. The number of hydrogen-bond donors (Lipinski definition) is 1. The van der Waals surface area contributed by atoms with Crippen LogP contribution in [-0.4, -0.2) is 12.4 Å². The maximum atomic E-state index is 12.2. The molecule has 2 nitrogen and oxygen atoms in total. The summed E-state index contributed by atoms with van der Waals surface area (Å²) >= 11 is 3.12. The fourth-order valence-corrected chi connectivity index (χ4v) is 3.27. The average molecular weight is 366 g/mol. The van der Waals surface area contributed by atoms with Crippen molar-refractivity contribution in [2.24, 2.45) is 5.92 Å². The predicted octanol–water partition coefficient (Wildman–Crippen LogP) is 5.02. The van der Waals surface area contributed by atoms with Gasteiger partial charge in [-0.1, -0.05) is 18.9 Å². The van der Waals surface area contributed by atoms with E-state index in [0.717, 1.165) is 5.56 Å².